The summed E-state index contributed by atoms with van der Waals surface area (Å²) in [6, 6.07) is 7.42. The van der Waals surface area contributed by atoms with E-state index in [1.54, 1.807) is 6.07 Å². The van der Waals surface area contributed by atoms with Gasteiger partial charge in [0.05, 0.1) is 18.8 Å². The van der Waals surface area contributed by atoms with Crippen molar-refractivity contribution in [1.29, 1.82) is 0 Å². The fourth-order valence-corrected chi connectivity index (χ4v) is 1.74. The molecule has 3 N–H and O–H groups in total. The molecule has 0 aliphatic carbocycles. The van der Waals surface area contributed by atoms with E-state index in [0.29, 0.717) is 18.8 Å². The van der Waals surface area contributed by atoms with Crippen LogP contribution in [0, 0.1) is 0 Å². The minimum atomic E-state index is -0.560. The van der Waals surface area contributed by atoms with Crippen LogP contribution in [0.25, 0.3) is 0 Å². The summed E-state index contributed by atoms with van der Waals surface area (Å²) in [5.41, 5.74) is 7.26. The Morgan fingerprint density at radius 3 is 2.61 bits per heavy atom. The average Bonchev–Trinajstić information content (AvgIpc) is 2.28. The van der Waals surface area contributed by atoms with E-state index in [1.807, 2.05) is 44.0 Å². The number of likely N-dealkylation sites (N-methyl/N-ethyl adjacent to an activating group) is 1. The van der Waals surface area contributed by atoms with E-state index in [9.17, 15) is 5.11 Å². The van der Waals surface area contributed by atoms with Gasteiger partial charge >= 0.3 is 0 Å². The molecule has 0 aromatic heterocycles. The van der Waals surface area contributed by atoms with Gasteiger partial charge in [-0.1, -0.05) is 18.2 Å². The van der Waals surface area contributed by atoms with E-state index < -0.39 is 6.10 Å². The van der Waals surface area contributed by atoms with Gasteiger partial charge in [0.1, 0.15) is 0 Å². The largest absolute Gasteiger partial charge is 0.398 e. The normalized spacial score (nSPS) is 13.2. The minimum absolute atomic E-state index is 0.244. The van der Waals surface area contributed by atoms with Crippen molar-refractivity contribution in [3.05, 3.63) is 29.8 Å². The van der Waals surface area contributed by atoms with E-state index in [1.165, 1.54) is 0 Å². The predicted molar refractivity (Wildman–Crippen MR) is 74.4 cm³/mol. The number of nitrogens with two attached hydrogens (primary N) is 1. The molecule has 0 radical (unpaired) electrons. The molecular formula is C14H24N2O2. The SMILES string of the molecule is CC(C)OCCN(C)CC(O)c1ccccc1N. The van der Waals surface area contributed by atoms with Crippen molar-refractivity contribution in [3.8, 4) is 0 Å². The molecule has 4 heteroatoms. The highest BCUT2D eigenvalue weighted by molar-refractivity contribution is 5.47. The number of rotatable bonds is 7. The second-order valence-electron chi connectivity index (χ2n) is 4.83. The molecule has 0 bridgehead atoms. The topological polar surface area (TPSA) is 58.7 Å². The van der Waals surface area contributed by atoms with Gasteiger partial charge in [0.15, 0.2) is 0 Å². The smallest absolute Gasteiger partial charge is 0.0936 e. The first-order valence-corrected chi connectivity index (χ1v) is 6.33. The number of anilines is 1. The number of nitrogen functional groups attached to an aromatic ring is 1. The second kappa shape index (κ2) is 7.36. The Kier molecular flexibility index (Phi) is 6.12. The van der Waals surface area contributed by atoms with Crippen molar-refractivity contribution in [2.75, 3.05) is 32.5 Å². The van der Waals surface area contributed by atoms with Crippen molar-refractivity contribution in [2.24, 2.45) is 0 Å². The number of para-hydroxylation sites is 1. The Hall–Kier alpha value is -1.10. The standard InChI is InChI=1S/C14H24N2O2/c1-11(2)18-9-8-16(3)10-14(17)12-6-4-5-7-13(12)15/h4-7,11,14,17H,8-10,15H2,1-3H3. The third kappa shape index (κ3) is 5.04. The van der Waals surface area contributed by atoms with Crippen LogP contribution >= 0.6 is 0 Å². The van der Waals surface area contributed by atoms with Gasteiger partial charge in [0.25, 0.3) is 0 Å². The van der Waals surface area contributed by atoms with Gasteiger partial charge in [0, 0.05) is 24.3 Å². The van der Waals surface area contributed by atoms with Crippen molar-refractivity contribution in [2.45, 2.75) is 26.1 Å². The maximum Gasteiger partial charge on any atom is 0.0936 e. The first kappa shape index (κ1) is 15.0. The first-order chi connectivity index (χ1) is 8.50. The van der Waals surface area contributed by atoms with Crippen LogP contribution in [0.15, 0.2) is 24.3 Å². The lowest BCUT2D eigenvalue weighted by Gasteiger charge is -2.22. The lowest BCUT2D eigenvalue weighted by Crippen LogP contribution is -2.29. The van der Waals surface area contributed by atoms with E-state index in [4.69, 9.17) is 10.5 Å². The summed E-state index contributed by atoms with van der Waals surface area (Å²) in [6.07, 6.45) is -0.316. The Balaban J connectivity index is 2.40. The molecule has 1 aromatic rings. The number of hydrogen-bond acceptors (Lipinski definition) is 4. The number of aliphatic hydroxyl groups is 1. The monoisotopic (exact) mass is 252 g/mol. The molecule has 0 aliphatic rings. The number of hydrogen-bond donors (Lipinski definition) is 2. The summed E-state index contributed by atoms with van der Waals surface area (Å²) in [5.74, 6) is 0. The van der Waals surface area contributed by atoms with Crippen molar-refractivity contribution in [3.63, 3.8) is 0 Å². The molecule has 1 rings (SSSR count). The Labute approximate surface area is 109 Å². The molecule has 1 unspecified atom stereocenters. The van der Waals surface area contributed by atoms with Crippen LogP contribution in [-0.2, 0) is 4.74 Å². The third-order valence-corrected chi connectivity index (χ3v) is 2.76. The summed E-state index contributed by atoms with van der Waals surface area (Å²) >= 11 is 0. The first-order valence-electron chi connectivity index (χ1n) is 6.33. The van der Waals surface area contributed by atoms with Crippen molar-refractivity contribution >= 4 is 5.69 Å². The molecule has 0 saturated heterocycles. The zero-order valence-electron chi connectivity index (χ0n) is 11.5. The molecule has 1 aromatic carbocycles. The van der Waals surface area contributed by atoms with Gasteiger partial charge in [-0.05, 0) is 27.0 Å². The molecule has 0 spiro atoms. The molecule has 0 fully saturated rings. The van der Waals surface area contributed by atoms with E-state index in [0.717, 1.165) is 12.1 Å². The van der Waals surface area contributed by atoms with Crippen molar-refractivity contribution in [1.82, 2.24) is 4.90 Å². The van der Waals surface area contributed by atoms with Crippen LogP contribution in [0.3, 0.4) is 0 Å². The molecule has 18 heavy (non-hydrogen) atoms. The predicted octanol–water partition coefficient (Wildman–Crippen LogP) is 1.66. The number of nitrogens with zero attached hydrogens (tertiary/aromatic N) is 1. The van der Waals surface area contributed by atoms with Crippen LogP contribution < -0.4 is 5.73 Å². The fourth-order valence-electron chi connectivity index (χ4n) is 1.74. The van der Waals surface area contributed by atoms with E-state index in [2.05, 4.69) is 0 Å². The van der Waals surface area contributed by atoms with E-state index in [-0.39, 0.29) is 6.10 Å². The van der Waals surface area contributed by atoms with Crippen LogP contribution in [0.1, 0.15) is 25.5 Å². The van der Waals surface area contributed by atoms with Gasteiger partial charge in [-0.25, -0.2) is 0 Å². The van der Waals surface area contributed by atoms with Gasteiger partial charge < -0.3 is 20.5 Å². The zero-order chi connectivity index (χ0) is 13.5. The van der Waals surface area contributed by atoms with Gasteiger partial charge in [0.2, 0.25) is 0 Å². The minimum Gasteiger partial charge on any atom is -0.398 e. The molecular weight excluding hydrogens is 228 g/mol. The van der Waals surface area contributed by atoms with Crippen LogP contribution in [0.4, 0.5) is 5.69 Å². The van der Waals surface area contributed by atoms with E-state index >= 15 is 0 Å². The molecule has 0 saturated carbocycles. The summed E-state index contributed by atoms with van der Waals surface area (Å²) in [4.78, 5) is 2.04. The number of aliphatic hydroxyl groups excluding tert-OH is 1. The van der Waals surface area contributed by atoms with Gasteiger partial charge in [-0.2, -0.15) is 0 Å². The van der Waals surface area contributed by atoms with Gasteiger partial charge in [-0.3, -0.25) is 0 Å². The highest BCUT2D eigenvalue weighted by atomic mass is 16.5. The molecule has 0 aliphatic heterocycles. The van der Waals surface area contributed by atoms with Crippen LogP contribution in [0.5, 0.6) is 0 Å². The maximum absolute atomic E-state index is 10.1. The highest BCUT2D eigenvalue weighted by Crippen LogP contribution is 2.20. The Morgan fingerprint density at radius 1 is 1.33 bits per heavy atom. The lowest BCUT2D eigenvalue weighted by molar-refractivity contribution is 0.0520. The summed E-state index contributed by atoms with van der Waals surface area (Å²) < 4.78 is 5.48. The van der Waals surface area contributed by atoms with Crippen molar-refractivity contribution < 1.29 is 9.84 Å². The summed E-state index contributed by atoms with van der Waals surface area (Å²) in [6.45, 7) is 6.04. The van der Waals surface area contributed by atoms with Gasteiger partial charge in [-0.15, -0.1) is 0 Å². The molecule has 0 amide bonds. The number of ether oxygens (including phenoxy) is 1. The average molecular weight is 252 g/mol. The molecule has 102 valence electrons. The zero-order valence-corrected chi connectivity index (χ0v) is 11.5. The third-order valence-electron chi connectivity index (χ3n) is 2.76. The van der Waals surface area contributed by atoms with Crippen LogP contribution in [0.2, 0.25) is 0 Å². The molecule has 1 atom stereocenters. The Bertz CT molecular complexity index is 355. The molecule has 0 heterocycles. The number of benzene rings is 1. The summed E-state index contributed by atoms with van der Waals surface area (Å²) in [7, 11) is 1.96. The second-order valence-corrected chi connectivity index (χ2v) is 4.83. The highest BCUT2D eigenvalue weighted by Gasteiger charge is 2.12. The fraction of sp³-hybridized carbons (Fsp3) is 0.571. The maximum atomic E-state index is 10.1. The summed E-state index contributed by atoms with van der Waals surface area (Å²) in [5, 5.41) is 10.1. The lowest BCUT2D eigenvalue weighted by atomic mass is 10.1. The van der Waals surface area contributed by atoms with Crippen LogP contribution in [-0.4, -0.2) is 42.9 Å². The quantitative estimate of drug-likeness (QED) is 0.725. The molecule has 4 nitrogen and oxygen atoms in total. The Morgan fingerprint density at radius 2 is 2.00 bits per heavy atom.